The molecule has 0 aromatic rings. The van der Waals surface area contributed by atoms with Gasteiger partial charge < -0.3 is 9.84 Å². The Labute approximate surface area is 74.9 Å². The fourth-order valence-electron chi connectivity index (χ4n) is 2.41. The normalized spacial score (nSPS) is 35.0. The molecule has 0 aromatic carbocycles. The second kappa shape index (κ2) is 3.75. The van der Waals surface area contributed by atoms with Crippen molar-refractivity contribution in [2.45, 2.75) is 46.1 Å². The number of rotatable bonds is 2. The van der Waals surface area contributed by atoms with Crippen LogP contribution in [0.25, 0.3) is 0 Å². The molecule has 1 N–H and O–H groups in total. The molecule has 0 amide bonds. The maximum atomic E-state index is 8.75. The van der Waals surface area contributed by atoms with Gasteiger partial charge in [0.05, 0.1) is 6.10 Å². The third-order valence-electron chi connectivity index (χ3n) is 3.02. The molecule has 1 aliphatic carbocycles. The summed E-state index contributed by atoms with van der Waals surface area (Å²) >= 11 is 0. The molecule has 0 spiro atoms. The molecule has 1 aliphatic rings. The van der Waals surface area contributed by atoms with E-state index in [1.54, 1.807) is 0 Å². The van der Waals surface area contributed by atoms with Crippen LogP contribution in [0.15, 0.2) is 0 Å². The standard InChI is InChI=1S/C10H20O2/c1-8-5-4-6-10(2,3)9(8)12-7-11/h8-9,11H,4-7H2,1-3H3. The summed E-state index contributed by atoms with van der Waals surface area (Å²) in [6, 6.07) is 0. The smallest absolute Gasteiger partial charge is 0.143 e. The lowest BCUT2D eigenvalue weighted by atomic mass is 9.70. The van der Waals surface area contributed by atoms with Crippen LogP contribution in [-0.2, 0) is 4.74 Å². The molecular formula is C10H20O2. The van der Waals surface area contributed by atoms with Crippen molar-refractivity contribution in [2.24, 2.45) is 11.3 Å². The Kier molecular flexibility index (Phi) is 3.13. The Morgan fingerprint density at radius 2 is 2.17 bits per heavy atom. The van der Waals surface area contributed by atoms with Gasteiger partial charge >= 0.3 is 0 Å². The lowest BCUT2D eigenvalue weighted by molar-refractivity contribution is -0.133. The zero-order valence-corrected chi connectivity index (χ0v) is 8.34. The van der Waals surface area contributed by atoms with E-state index in [2.05, 4.69) is 20.8 Å². The fourth-order valence-corrected chi connectivity index (χ4v) is 2.41. The van der Waals surface area contributed by atoms with Crippen LogP contribution in [0.4, 0.5) is 0 Å². The average Bonchev–Trinajstić information content (AvgIpc) is 1.97. The molecule has 1 saturated carbocycles. The van der Waals surface area contributed by atoms with Crippen molar-refractivity contribution in [3.05, 3.63) is 0 Å². The first-order chi connectivity index (χ1) is 5.58. The highest BCUT2D eigenvalue weighted by atomic mass is 16.6. The Bertz CT molecular complexity index is 143. The zero-order chi connectivity index (χ0) is 9.19. The summed E-state index contributed by atoms with van der Waals surface area (Å²) < 4.78 is 5.37. The molecule has 1 rings (SSSR count). The summed E-state index contributed by atoms with van der Waals surface area (Å²) in [5.74, 6) is 0.584. The van der Waals surface area contributed by atoms with Crippen LogP contribution in [0, 0.1) is 11.3 Å². The summed E-state index contributed by atoms with van der Waals surface area (Å²) in [4.78, 5) is 0. The number of aliphatic hydroxyl groups is 1. The molecule has 2 unspecified atom stereocenters. The van der Waals surface area contributed by atoms with Crippen molar-refractivity contribution in [3.63, 3.8) is 0 Å². The Balaban J connectivity index is 2.60. The van der Waals surface area contributed by atoms with E-state index in [4.69, 9.17) is 9.84 Å². The molecule has 2 nitrogen and oxygen atoms in total. The van der Waals surface area contributed by atoms with Crippen molar-refractivity contribution in [1.29, 1.82) is 0 Å². The largest absolute Gasteiger partial charge is 0.371 e. The van der Waals surface area contributed by atoms with E-state index in [0.717, 1.165) is 0 Å². The van der Waals surface area contributed by atoms with Gasteiger partial charge in [0.15, 0.2) is 0 Å². The van der Waals surface area contributed by atoms with E-state index >= 15 is 0 Å². The van der Waals surface area contributed by atoms with Crippen LogP contribution in [0.1, 0.15) is 40.0 Å². The first-order valence-electron chi connectivity index (χ1n) is 4.80. The molecular weight excluding hydrogens is 152 g/mol. The summed E-state index contributed by atoms with van der Waals surface area (Å²) in [6.07, 6.45) is 3.96. The van der Waals surface area contributed by atoms with Crippen molar-refractivity contribution in [2.75, 3.05) is 6.79 Å². The molecule has 0 aromatic heterocycles. The van der Waals surface area contributed by atoms with Crippen molar-refractivity contribution >= 4 is 0 Å². The van der Waals surface area contributed by atoms with Gasteiger partial charge in [0.1, 0.15) is 6.79 Å². The minimum atomic E-state index is -0.140. The van der Waals surface area contributed by atoms with Gasteiger partial charge in [-0.2, -0.15) is 0 Å². The minimum Gasteiger partial charge on any atom is -0.371 e. The van der Waals surface area contributed by atoms with Crippen molar-refractivity contribution in [3.8, 4) is 0 Å². The maximum absolute atomic E-state index is 8.75. The number of hydrogen-bond donors (Lipinski definition) is 1. The summed E-state index contributed by atoms with van der Waals surface area (Å²) in [5, 5.41) is 8.75. The number of hydrogen-bond acceptors (Lipinski definition) is 2. The Morgan fingerprint density at radius 3 is 2.67 bits per heavy atom. The predicted molar refractivity (Wildman–Crippen MR) is 48.8 cm³/mol. The summed E-state index contributed by atoms with van der Waals surface area (Å²) in [5.41, 5.74) is 0.237. The molecule has 0 bridgehead atoms. The summed E-state index contributed by atoms with van der Waals surface area (Å²) in [6.45, 7) is 6.52. The molecule has 72 valence electrons. The number of ether oxygens (including phenoxy) is 1. The van der Waals surface area contributed by atoms with Gasteiger partial charge in [-0.15, -0.1) is 0 Å². The van der Waals surface area contributed by atoms with Gasteiger partial charge in [0.25, 0.3) is 0 Å². The van der Waals surface area contributed by atoms with Crippen molar-refractivity contribution in [1.82, 2.24) is 0 Å². The maximum Gasteiger partial charge on any atom is 0.143 e. The van der Waals surface area contributed by atoms with E-state index < -0.39 is 0 Å². The second-order valence-corrected chi connectivity index (χ2v) is 4.57. The van der Waals surface area contributed by atoms with Gasteiger partial charge in [-0.25, -0.2) is 0 Å². The van der Waals surface area contributed by atoms with Crippen LogP contribution < -0.4 is 0 Å². The average molecular weight is 172 g/mol. The highest BCUT2D eigenvalue weighted by Gasteiger charge is 2.37. The van der Waals surface area contributed by atoms with Crippen LogP contribution in [0.2, 0.25) is 0 Å². The molecule has 0 heterocycles. The van der Waals surface area contributed by atoms with Gasteiger partial charge in [-0.3, -0.25) is 0 Å². The van der Waals surface area contributed by atoms with Gasteiger partial charge in [0, 0.05) is 0 Å². The second-order valence-electron chi connectivity index (χ2n) is 4.57. The monoisotopic (exact) mass is 172 g/mol. The van der Waals surface area contributed by atoms with E-state index in [0.29, 0.717) is 5.92 Å². The highest BCUT2D eigenvalue weighted by Crippen LogP contribution is 2.40. The van der Waals surface area contributed by atoms with Gasteiger partial charge in [0.2, 0.25) is 0 Å². The quantitative estimate of drug-likeness (QED) is 0.647. The number of aliphatic hydroxyl groups excluding tert-OH is 1. The SMILES string of the molecule is CC1CCCC(C)(C)C1OCO. The first-order valence-corrected chi connectivity index (χ1v) is 4.80. The highest BCUT2D eigenvalue weighted by molar-refractivity contribution is 4.87. The Morgan fingerprint density at radius 1 is 1.50 bits per heavy atom. The van der Waals surface area contributed by atoms with Crippen LogP contribution in [0.3, 0.4) is 0 Å². The third kappa shape index (κ3) is 1.99. The molecule has 0 radical (unpaired) electrons. The molecule has 2 atom stereocenters. The lowest BCUT2D eigenvalue weighted by Crippen LogP contribution is -2.40. The topological polar surface area (TPSA) is 29.5 Å². The van der Waals surface area contributed by atoms with E-state index in [1.165, 1.54) is 19.3 Å². The van der Waals surface area contributed by atoms with E-state index in [1.807, 2.05) is 0 Å². The molecule has 12 heavy (non-hydrogen) atoms. The fraction of sp³-hybridized carbons (Fsp3) is 1.00. The predicted octanol–water partition coefficient (Wildman–Crippen LogP) is 2.17. The van der Waals surface area contributed by atoms with Gasteiger partial charge in [-0.05, 0) is 24.2 Å². The molecule has 0 saturated heterocycles. The molecule has 1 fully saturated rings. The van der Waals surface area contributed by atoms with E-state index in [-0.39, 0.29) is 18.3 Å². The summed E-state index contributed by atoms with van der Waals surface area (Å²) in [7, 11) is 0. The molecule has 0 aliphatic heterocycles. The van der Waals surface area contributed by atoms with Crippen LogP contribution in [0.5, 0.6) is 0 Å². The van der Waals surface area contributed by atoms with Gasteiger partial charge in [-0.1, -0.05) is 27.2 Å². The van der Waals surface area contributed by atoms with Crippen LogP contribution >= 0.6 is 0 Å². The first kappa shape index (κ1) is 10.0. The third-order valence-corrected chi connectivity index (χ3v) is 3.02. The Hall–Kier alpha value is -0.0800. The molecule has 2 heteroatoms. The zero-order valence-electron chi connectivity index (χ0n) is 8.34. The van der Waals surface area contributed by atoms with E-state index in [9.17, 15) is 0 Å². The van der Waals surface area contributed by atoms with Crippen molar-refractivity contribution < 1.29 is 9.84 Å². The lowest BCUT2D eigenvalue weighted by Gasteiger charge is -2.42. The minimum absolute atomic E-state index is 0.140. The van der Waals surface area contributed by atoms with Crippen LogP contribution in [-0.4, -0.2) is 18.0 Å².